The van der Waals surface area contributed by atoms with Crippen molar-refractivity contribution in [1.29, 1.82) is 0 Å². The van der Waals surface area contributed by atoms with Gasteiger partial charge in [-0.15, -0.1) is 0 Å². The lowest BCUT2D eigenvalue weighted by Gasteiger charge is -2.22. The van der Waals surface area contributed by atoms with Gasteiger partial charge in [-0.1, -0.05) is 50.6 Å². The highest BCUT2D eigenvalue weighted by Crippen LogP contribution is 2.28. The molecule has 3 rings (SSSR count). The van der Waals surface area contributed by atoms with E-state index >= 15 is 0 Å². The minimum absolute atomic E-state index is 0.0162. The molecule has 0 aliphatic carbocycles. The summed E-state index contributed by atoms with van der Waals surface area (Å²) in [5, 5.41) is 2.79. The van der Waals surface area contributed by atoms with E-state index in [1.165, 1.54) is 0 Å². The monoisotopic (exact) mass is 379 g/mol. The number of ketones is 1. The molecule has 5 nitrogen and oxygen atoms in total. The van der Waals surface area contributed by atoms with Crippen LogP contribution in [0, 0.1) is 5.92 Å². The lowest BCUT2D eigenvalue weighted by Crippen LogP contribution is -2.25. The van der Waals surface area contributed by atoms with E-state index < -0.39 is 5.92 Å². The van der Waals surface area contributed by atoms with Crippen LogP contribution in [0.1, 0.15) is 54.1 Å². The average Bonchev–Trinajstić information content (AvgIpc) is 2.72. The molecule has 1 N–H and O–H groups in total. The number of hydrogen-bond acceptors (Lipinski definition) is 4. The van der Waals surface area contributed by atoms with Crippen molar-refractivity contribution in [1.82, 2.24) is 0 Å². The standard InChI is InChI=1S/C23H25NO4/c1-3-15(2)22(16-7-5-4-6-8-16)23(27)28-14-20(25)18-9-11-19-17(13-18)10-12-21(26)24-19/h4-9,11,13,15,22H,3,10,12,14H2,1-2H3,(H,24,26)/t15-,22-/m0/s1. The summed E-state index contributed by atoms with van der Waals surface area (Å²) in [6.45, 7) is 3.76. The second kappa shape index (κ2) is 8.83. The van der Waals surface area contributed by atoms with Gasteiger partial charge in [0.25, 0.3) is 0 Å². The van der Waals surface area contributed by atoms with Crippen molar-refractivity contribution in [2.24, 2.45) is 5.92 Å². The van der Waals surface area contributed by atoms with Gasteiger partial charge < -0.3 is 10.1 Å². The van der Waals surface area contributed by atoms with E-state index in [0.29, 0.717) is 18.4 Å². The summed E-state index contributed by atoms with van der Waals surface area (Å²) in [7, 11) is 0. The van der Waals surface area contributed by atoms with E-state index in [9.17, 15) is 14.4 Å². The summed E-state index contributed by atoms with van der Waals surface area (Å²) in [4.78, 5) is 36.7. The fourth-order valence-electron chi connectivity index (χ4n) is 3.46. The van der Waals surface area contributed by atoms with Crippen molar-refractivity contribution in [3.05, 3.63) is 65.2 Å². The average molecular weight is 379 g/mol. The number of carbonyl (C=O) groups is 3. The molecular formula is C23H25NO4. The van der Waals surface area contributed by atoms with Crippen molar-refractivity contribution in [2.45, 2.75) is 39.0 Å². The Balaban J connectivity index is 1.67. The minimum Gasteiger partial charge on any atom is -0.457 e. The van der Waals surface area contributed by atoms with Crippen molar-refractivity contribution in [3.8, 4) is 0 Å². The molecule has 0 radical (unpaired) electrons. The number of carbonyl (C=O) groups excluding carboxylic acids is 3. The van der Waals surface area contributed by atoms with E-state index in [4.69, 9.17) is 4.74 Å². The molecule has 2 aromatic carbocycles. The highest BCUT2D eigenvalue weighted by Gasteiger charge is 2.28. The van der Waals surface area contributed by atoms with Gasteiger partial charge >= 0.3 is 5.97 Å². The molecule has 0 saturated heterocycles. The lowest BCUT2D eigenvalue weighted by molar-refractivity contribution is -0.145. The zero-order valence-corrected chi connectivity index (χ0v) is 16.2. The second-order valence-electron chi connectivity index (χ2n) is 7.22. The smallest absolute Gasteiger partial charge is 0.314 e. The SMILES string of the molecule is CC[C@H](C)[C@H](C(=O)OCC(=O)c1ccc2c(c1)CCC(=O)N2)c1ccccc1. The van der Waals surface area contributed by atoms with E-state index in [2.05, 4.69) is 5.32 Å². The highest BCUT2D eigenvalue weighted by molar-refractivity contribution is 6.00. The van der Waals surface area contributed by atoms with Crippen molar-refractivity contribution >= 4 is 23.3 Å². The molecule has 146 valence electrons. The lowest BCUT2D eigenvalue weighted by atomic mass is 9.85. The Bertz CT molecular complexity index is 875. The molecular weight excluding hydrogens is 354 g/mol. The fourth-order valence-corrected chi connectivity index (χ4v) is 3.46. The predicted molar refractivity (Wildman–Crippen MR) is 107 cm³/mol. The Morgan fingerprint density at radius 1 is 1.11 bits per heavy atom. The van der Waals surface area contributed by atoms with Crippen LogP contribution in [0.4, 0.5) is 5.69 Å². The number of Topliss-reactive ketones (excluding diaryl/α,β-unsaturated/α-hetero) is 1. The van der Waals surface area contributed by atoms with E-state index in [1.807, 2.05) is 44.2 Å². The first kappa shape index (κ1) is 19.8. The van der Waals surface area contributed by atoms with Crippen LogP contribution in [0.25, 0.3) is 0 Å². The van der Waals surface area contributed by atoms with Crippen LogP contribution >= 0.6 is 0 Å². The maximum absolute atomic E-state index is 12.7. The molecule has 2 atom stereocenters. The summed E-state index contributed by atoms with van der Waals surface area (Å²) in [5.41, 5.74) is 3.06. The number of anilines is 1. The number of amides is 1. The van der Waals surface area contributed by atoms with Gasteiger partial charge in [-0.25, -0.2) is 0 Å². The Labute approximate surface area is 165 Å². The van der Waals surface area contributed by atoms with E-state index in [1.54, 1.807) is 18.2 Å². The number of nitrogens with one attached hydrogen (secondary N) is 1. The number of esters is 1. The van der Waals surface area contributed by atoms with Crippen LogP contribution in [-0.4, -0.2) is 24.3 Å². The summed E-state index contributed by atoms with van der Waals surface area (Å²) in [5.74, 6) is -0.921. The van der Waals surface area contributed by atoms with Crippen molar-refractivity contribution in [3.63, 3.8) is 0 Å². The van der Waals surface area contributed by atoms with E-state index in [-0.39, 0.29) is 30.2 Å². The largest absolute Gasteiger partial charge is 0.457 e. The first-order valence-electron chi connectivity index (χ1n) is 9.67. The van der Waals surface area contributed by atoms with E-state index in [0.717, 1.165) is 23.2 Å². The zero-order chi connectivity index (χ0) is 20.1. The van der Waals surface area contributed by atoms with Gasteiger partial charge in [0.1, 0.15) is 0 Å². The van der Waals surface area contributed by atoms with Crippen LogP contribution in [0.5, 0.6) is 0 Å². The third-order valence-electron chi connectivity index (χ3n) is 5.29. The Kier molecular flexibility index (Phi) is 6.24. The zero-order valence-electron chi connectivity index (χ0n) is 16.2. The van der Waals surface area contributed by atoms with Gasteiger partial charge in [-0.3, -0.25) is 14.4 Å². The first-order valence-corrected chi connectivity index (χ1v) is 9.67. The molecule has 0 fully saturated rings. The van der Waals surface area contributed by atoms with Crippen LogP contribution in [-0.2, 0) is 20.7 Å². The number of ether oxygens (including phenoxy) is 1. The van der Waals surface area contributed by atoms with Gasteiger partial charge in [0.15, 0.2) is 12.4 Å². The van der Waals surface area contributed by atoms with Gasteiger partial charge in [0.2, 0.25) is 5.91 Å². The minimum atomic E-state index is -0.391. The van der Waals surface area contributed by atoms with Crippen LogP contribution in [0.2, 0.25) is 0 Å². The molecule has 5 heteroatoms. The number of hydrogen-bond donors (Lipinski definition) is 1. The molecule has 0 unspecified atom stereocenters. The Morgan fingerprint density at radius 2 is 1.86 bits per heavy atom. The fraction of sp³-hybridized carbons (Fsp3) is 0.348. The van der Waals surface area contributed by atoms with Crippen LogP contribution in [0.3, 0.4) is 0 Å². The molecule has 1 amide bonds. The van der Waals surface area contributed by atoms with Crippen LogP contribution in [0.15, 0.2) is 48.5 Å². The normalized spacial score (nSPS) is 15.1. The molecule has 0 spiro atoms. The number of benzene rings is 2. The number of fused-ring (bicyclic) bond motifs is 1. The number of aryl methyl sites for hydroxylation is 1. The Hall–Kier alpha value is -2.95. The maximum Gasteiger partial charge on any atom is 0.314 e. The number of rotatable bonds is 7. The first-order chi connectivity index (χ1) is 13.5. The maximum atomic E-state index is 12.7. The molecule has 1 heterocycles. The van der Waals surface area contributed by atoms with Crippen molar-refractivity contribution < 1.29 is 19.1 Å². The van der Waals surface area contributed by atoms with Crippen molar-refractivity contribution in [2.75, 3.05) is 11.9 Å². The topological polar surface area (TPSA) is 72.5 Å². The van der Waals surface area contributed by atoms with Gasteiger partial charge in [0, 0.05) is 17.7 Å². The summed E-state index contributed by atoms with van der Waals surface area (Å²) in [6.07, 6.45) is 1.85. The summed E-state index contributed by atoms with van der Waals surface area (Å²) >= 11 is 0. The third kappa shape index (κ3) is 4.47. The van der Waals surface area contributed by atoms with Gasteiger partial charge in [0.05, 0.1) is 5.92 Å². The molecule has 1 aliphatic rings. The molecule has 0 aromatic heterocycles. The summed E-state index contributed by atoms with van der Waals surface area (Å²) < 4.78 is 5.40. The van der Waals surface area contributed by atoms with Gasteiger partial charge in [-0.2, -0.15) is 0 Å². The molecule has 28 heavy (non-hydrogen) atoms. The molecule has 0 bridgehead atoms. The molecule has 0 saturated carbocycles. The molecule has 2 aromatic rings. The third-order valence-corrected chi connectivity index (χ3v) is 5.29. The predicted octanol–water partition coefficient (Wildman–Crippen LogP) is 4.13. The van der Waals surface area contributed by atoms with Gasteiger partial charge in [-0.05, 0) is 41.7 Å². The Morgan fingerprint density at radius 3 is 2.57 bits per heavy atom. The summed E-state index contributed by atoms with van der Waals surface area (Å²) in [6, 6.07) is 14.7. The van der Waals surface area contributed by atoms with Crippen LogP contribution < -0.4 is 5.32 Å². The molecule has 1 aliphatic heterocycles. The highest BCUT2D eigenvalue weighted by atomic mass is 16.5. The quantitative estimate of drug-likeness (QED) is 0.580. The second-order valence-corrected chi connectivity index (χ2v) is 7.22.